The van der Waals surface area contributed by atoms with Gasteiger partial charge in [-0.3, -0.25) is 0 Å². The molecule has 0 spiro atoms. The number of benzene rings is 4. The molecule has 4 aromatic carbocycles. The molecule has 0 radical (unpaired) electrons. The van der Waals surface area contributed by atoms with Crippen molar-refractivity contribution in [3.05, 3.63) is 95.5 Å². The van der Waals surface area contributed by atoms with Gasteiger partial charge < -0.3 is 4.42 Å². The Morgan fingerprint density at radius 1 is 0.577 bits per heavy atom. The van der Waals surface area contributed by atoms with Crippen LogP contribution in [0.15, 0.2) is 99.9 Å². The number of hydrogen-bond acceptors (Lipinski definition) is 1. The van der Waals surface area contributed by atoms with Gasteiger partial charge in [0.25, 0.3) is 0 Å². The molecular formula is C24H15BrO. The molecule has 0 fully saturated rings. The standard InChI is InChI=1S/C24H15BrO/c25-19-12-9-16(10-13-19)18-11-14-23-22(15-18)21-8-4-7-20(24(21)26-23)17-5-2-1-3-6-17/h1-15H. The van der Waals surface area contributed by atoms with E-state index >= 15 is 0 Å². The average molecular weight is 399 g/mol. The Morgan fingerprint density at radius 2 is 1.35 bits per heavy atom. The van der Waals surface area contributed by atoms with Gasteiger partial charge in [-0.25, -0.2) is 0 Å². The van der Waals surface area contributed by atoms with Gasteiger partial charge in [0.1, 0.15) is 11.2 Å². The quantitative estimate of drug-likeness (QED) is 0.297. The van der Waals surface area contributed by atoms with Crippen LogP contribution in [0.5, 0.6) is 0 Å². The van der Waals surface area contributed by atoms with Crippen LogP contribution in [0.4, 0.5) is 0 Å². The first kappa shape index (κ1) is 15.4. The van der Waals surface area contributed by atoms with Gasteiger partial charge in [0, 0.05) is 20.8 Å². The predicted octanol–water partition coefficient (Wildman–Crippen LogP) is 7.68. The molecule has 5 rings (SSSR count). The molecule has 1 nitrogen and oxygen atoms in total. The first-order chi connectivity index (χ1) is 12.8. The molecule has 0 N–H and O–H groups in total. The third kappa shape index (κ3) is 2.54. The summed E-state index contributed by atoms with van der Waals surface area (Å²) >= 11 is 3.50. The van der Waals surface area contributed by atoms with Gasteiger partial charge >= 0.3 is 0 Å². The first-order valence-electron chi connectivity index (χ1n) is 8.56. The van der Waals surface area contributed by atoms with Crippen LogP contribution in [0.1, 0.15) is 0 Å². The van der Waals surface area contributed by atoms with Crippen molar-refractivity contribution in [1.82, 2.24) is 0 Å². The number of rotatable bonds is 2. The van der Waals surface area contributed by atoms with Crippen LogP contribution in [0.3, 0.4) is 0 Å². The SMILES string of the molecule is Brc1ccc(-c2ccc3oc4c(-c5ccccc5)cccc4c3c2)cc1. The van der Waals surface area contributed by atoms with E-state index in [0.717, 1.165) is 32.0 Å². The topological polar surface area (TPSA) is 13.1 Å². The highest BCUT2D eigenvalue weighted by Gasteiger charge is 2.12. The summed E-state index contributed by atoms with van der Waals surface area (Å²) in [5, 5.41) is 2.30. The molecule has 1 heterocycles. The Hall–Kier alpha value is -2.84. The maximum absolute atomic E-state index is 6.24. The minimum atomic E-state index is 0.921. The number of fused-ring (bicyclic) bond motifs is 3. The fraction of sp³-hybridized carbons (Fsp3) is 0. The molecular weight excluding hydrogens is 384 g/mol. The van der Waals surface area contributed by atoms with Gasteiger partial charge in [-0.05, 0) is 41.0 Å². The minimum Gasteiger partial charge on any atom is -0.455 e. The lowest BCUT2D eigenvalue weighted by molar-refractivity contribution is 0.670. The molecule has 0 unspecified atom stereocenters. The molecule has 0 aliphatic rings. The van der Waals surface area contributed by atoms with Gasteiger partial charge in [-0.15, -0.1) is 0 Å². The molecule has 0 aliphatic carbocycles. The molecule has 0 saturated carbocycles. The van der Waals surface area contributed by atoms with Crippen molar-refractivity contribution in [2.75, 3.05) is 0 Å². The summed E-state index contributed by atoms with van der Waals surface area (Å²) in [6, 6.07) is 31.6. The van der Waals surface area contributed by atoms with Crippen molar-refractivity contribution in [1.29, 1.82) is 0 Å². The number of hydrogen-bond donors (Lipinski definition) is 0. The van der Waals surface area contributed by atoms with Crippen LogP contribution in [0.25, 0.3) is 44.2 Å². The largest absolute Gasteiger partial charge is 0.455 e. The van der Waals surface area contributed by atoms with E-state index in [1.54, 1.807) is 0 Å². The monoisotopic (exact) mass is 398 g/mol. The average Bonchev–Trinajstić information content (AvgIpc) is 3.07. The Bertz CT molecular complexity index is 1220. The second-order valence-electron chi connectivity index (χ2n) is 6.37. The van der Waals surface area contributed by atoms with E-state index in [-0.39, 0.29) is 0 Å². The lowest BCUT2D eigenvalue weighted by Gasteiger charge is -2.02. The summed E-state index contributed by atoms with van der Waals surface area (Å²) in [5.41, 5.74) is 6.56. The Labute approximate surface area is 160 Å². The van der Waals surface area contributed by atoms with Gasteiger partial charge in [-0.2, -0.15) is 0 Å². The van der Waals surface area contributed by atoms with Gasteiger partial charge in [0.2, 0.25) is 0 Å². The third-order valence-electron chi connectivity index (χ3n) is 4.76. The molecule has 1 aromatic heterocycles. The van der Waals surface area contributed by atoms with Crippen molar-refractivity contribution in [2.45, 2.75) is 0 Å². The summed E-state index contributed by atoms with van der Waals surface area (Å²) in [5.74, 6) is 0. The third-order valence-corrected chi connectivity index (χ3v) is 5.29. The molecule has 5 aromatic rings. The fourth-order valence-electron chi connectivity index (χ4n) is 3.47. The highest BCUT2D eigenvalue weighted by Crippen LogP contribution is 2.37. The molecule has 0 saturated heterocycles. The lowest BCUT2D eigenvalue weighted by atomic mass is 10.0. The van der Waals surface area contributed by atoms with E-state index in [4.69, 9.17) is 4.42 Å². The molecule has 0 amide bonds. The first-order valence-corrected chi connectivity index (χ1v) is 9.35. The molecule has 0 bridgehead atoms. The van der Waals surface area contributed by atoms with E-state index < -0.39 is 0 Å². The van der Waals surface area contributed by atoms with Crippen molar-refractivity contribution >= 4 is 37.9 Å². The fourth-order valence-corrected chi connectivity index (χ4v) is 3.73. The van der Waals surface area contributed by atoms with Crippen LogP contribution < -0.4 is 0 Å². The van der Waals surface area contributed by atoms with E-state index in [9.17, 15) is 0 Å². The van der Waals surface area contributed by atoms with E-state index in [1.807, 2.05) is 6.07 Å². The predicted molar refractivity (Wildman–Crippen MR) is 112 cm³/mol. The Balaban J connectivity index is 1.74. The van der Waals surface area contributed by atoms with Crippen molar-refractivity contribution in [3.8, 4) is 22.3 Å². The van der Waals surface area contributed by atoms with Crippen LogP contribution in [0, 0.1) is 0 Å². The highest BCUT2D eigenvalue weighted by atomic mass is 79.9. The van der Waals surface area contributed by atoms with E-state index in [0.29, 0.717) is 0 Å². The second kappa shape index (κ2) is 6.15. The number of furan rings is 1. The zero-order valence-corrected chi connectivity index (χ0v) is 15.5. The van der Waals surface area contributed by atoms with Gasteiger partial charge in [0.15, 0.2) is 0 Å². The number of halogens is 1. The Kier molecular flexibility index (Phi) is 3.65. The molecule has 2 heteroatoms. The second-order valence-corrected chi connectivity index (χ2v) is 7.28. The van der Waals surface area contributed by atoms with E-state index in [2.05, 4.69) is 101 Å². The molecule has 0 atom stereocenters. The van der Waals surface area contributed by atoms with E-state index in [1.165, 1.54) is 16.7 Å². The van der Waals surface area contributed by atoms with Crippen LogP contribution in [-0.2, 0) is 0 Å². The normalized spacial score (nSPS) is 11.3. The highest BCUT2D eigenvalue weighted by molar-refractivity contribution is 9.10. The van der Waals surface area contributed by atoms with Crippen molar-refractivity contribution < 1.29 is 4.42 Å². The van der Waals surface area contributed by atoms with Gasteiger partial charge in [-0.1, -0.05) is 82.7 Å². The van der Waals surface area contributed by atoms with Crippen molar-refractivity contribution in [2.24, 2.45) is 0 Å². The summed E-state index contributed by atoms with van der Waals surface area (Å²) in [7, 11) is 0. The molecule has 0 aliphatic heterocycles. The number of para-hydroxylation sites is 1. The summed E-state index contributed by atoms with van der Waals surface area (Å²) in [4.78, 5) is 0. The lowest BCUT2D eigenvalue weighted by Crippen LogP contribution is -1.78. The van der Waals surface area contributed by atoms with Gasteiger partial charge in [0.05, 0.1) is 0 Å². The van der Waals surface area contributed by atoms with Crippen molar-refractivity contribution in [3.63, 3.8) is 0 Å². The summed E-state index contributed by atoms with van der Waals surface area (Å²) < 4.78 is 7.33. The summed E-state index contributed by atoms with van der Waals surface area (Å²) in [6.45, 7) is 0. The minimum absolute atomic E-state index is 0.921. The smallest absolute Gasteiger partial charge is 0.143 e. The van der Waals surface area contributed by atoms with Crippen LogP contribution >= 0.6 is 15.9 Å². The maximum atomic E-state index is 6.24. The Morgan fingerprint density at radius 3 is 2.15 bits per heavy atom. The maximum Gasteiger partial charge on any atom is 0.143 e. The zero-order chi connectivity index (χ0) is 17.5. The van der Waals surface area contributed by atoms with Crippen LogP contribution in [0.2, 0.25) is 0 Å². The summed E-state index contributed by atoms with van der Waals surface area (Å²) in [6.07, 6.45) is 0. The molecule has 124 valence electrons. The molecule has 26 heavy (non-hydrogen) atoms. The van der Waals surface area contributed by atoms with Crippen LogP contribution in [-0.4, -0.2) is 0 Å². The zero-order valence-electron chi connectivity index (χ0n) is 13.9.